The van der Waals surface area contributed by atoms with E-state index in [1.807, 2.05) is 56.3 Å². The number of aryl methyl sites for hydroxylation is 1. The fourth-order valence-electron chi connectivity index (χ4n) is 3.22. The lowest BCUT2D eigenvalue weighted by molar-refractivity contribution is 0.0942. The second-order valence-corrected chi connectivity index (χ2v) is 7.60. The van der Waals surface area contributed by atoms with Crippen molar-refractivity contribution in [1.29, 1.82) is 0 Å². The smallest absolute Gasteiger partial charge is 0.278 e. The van der Waals surface area contributed by atoms with E-state index in [2.05, 4.69) is 18.9 Å². The van der Waals surface area contributed by atoms with Crippen molar-refractivity contribution in [2.75, 3.05) is 0 Å². The fourth-order valence-corrected chi connectivity index (χ4v) is 3.22. The highest BCUT2D eigenvalue weighted by atomic mass is 16.5. The first-order valence-electron chi connectivity index (χ1n) is 9.82. The summed E-state index contributed by atoms with van der Waals surface area (Å²) >= 11 is 0. The third-order valence-corrected chi connectivity index (χ3v) is 4.95. The number of rotatable bonds is 7. The maximum absolute atomic E-state index is 12.9. The molecule has 28 heavy (non-hydrogen) atoms. The lowest BCUT2D eigenvalue weighted by atomic mass is 10.0. The highest BCUT2D eigenvalue weighted by molar-refractivity contribution is 5.96. The van der Waals surface area contributed by atoms with Crippen molar-refractivity contribution in [1.82, 2.24) is 9.78 Å². The summed E-state index contributed by atoms with van der Waals surface area (Å²) < 4.78 is 7.33. The highest BCUT2D eigenvalue weighted by Gasteiger charge is 2.18. The molecule has 2 aromatic carbocycles. The predicted molar refractivity (Wildman–Crippen MR) is 112 cm³/mol. The Bertz CT molecular complexity index is 925. The molecule has 4 nitrogen and oxygen atoms in total. The van der Waals surface area contributed by atoms with Crippen LogP contribution >= 0.6 is 0 Å². The van der Waals surface area contributed by atoms with E-state index >= 15 is 0 Å². The van der Waals surface area contributed by atoms with Crippen LogP contribution in [0.3, 0.4) is 0 Å². The van der Waals surface area contributed by atoms with Crippen LogP contribution in [0.4, 0.5) is 0 Å². The van der Waals surface area contributed by atoms with Crippen LogP contribution in [-0.4, -0.2) is 15.7 Å². The molecule has 0 aliphatic heterocycles. The number of benzene rings is 2. The van der Waals surface area contributed by atoms with Gasteiger partial charge in [0.1, 0.15) is 12.4 Å². The molecule has 3 aromatic rings. The minimum atomic E-state index is -0.106. The topological polar surface area (TPSA) is 44.1 Å². The monoisotopic (exact) mass is 376 g/mol. The van der Waals surface area contributed by atoms with Crippen molar-refractivity contribution in [3.8, 4) is 5.75 Å². The second kappa shape index (κ2) is 8.87. The first-order valence-corrected chi connectivity index (χ1v) is 9.82. The lowest BCUT2D eigenvalue weighted by Crippen LogP contribution is -2.15. The molecule has 1 heterocycles. The third kappa shape index (κ3) is 4.69. The summed E-state index contributed by atoms with van der Waals surface area (Å²) in [6.45, 7) is 8.88. The van der Waals surface area contributed by atoms with Gasteiger partial charge in [-0.1, -0.05) is 44.2 Å². The van der Waals surface area contributed by atoms with Crippen LogP contribution in [-0.2, 0) is 13.0 Å². The summed E-state index contributed by atoms with van der Waals surface area (Å²) in [5, 5.41) is 4.50. The van der Waals surface area contributed by atoms with Crippen LogP contribution in [0.2, 0.25) is 0 Å². The van der Waals surface area contributed by atoms with E-state index in [4.69, 9.17) is 4.74 Å². The van der Waals surface area contributed by atoms with Crippen LogP contribution in [0.5, 0.6) is 5.75 Å². The minimum Gasteiger partial charge on any atom is -0.489 e. The zero-order valence-electron chi connectivity index (χ0n) is 17.1. The summed E-state index contributed by atoms with van der Waals surface area (Å²) in [6.07, 6.45) is 2.05. The van der Waals surface area contributed by atoms with Gasteiger partial charge in [0, 0.05) is 11.3 Å². The van der Waals surface area contributed by atoms with Crippen LogP contribution in [0, 0.1) is 19.8 Å². The van der Waals surface area contributed by atoms with Crippen LogP contribution in [0.25, 0.3) is 0 Å². The van der Waals surface area contributed by atoms with Gasteiger partial charge in [0.25, 0.3) is 5.91 Å². The van der Waals surface area contributed by atoms with Crippen molar-refractivity contribution in [3.63, 3.8) is 0 Å². The van der Waals surface area contributed by atoms with E-state index in [0.717, 1.165) is 35.5 Å². The Labute approximate surface area is 167 Å². The number of ether oxygens (including phenoxy) is 1. The first-order chi connectivity index (χ1) is 13.5. The zero-order chi connectivity index (χ0) is 20.1. The van der Waals surface area contributed by atoms with Gasteiger partial charge < -0.3 is 4.74 Å². The molecule has 0 N–H and O–H groups in total. The lowest BCUT2D eigenvalue weighted by Gasteiger charge is -2.08. The molecule has 0 saturated heterocycles. The molecule has 0 amide bonds. The van der Waals surface area contributed by atoms with E-state index in [1.54, 1.807) is 12.1 Å². The highest BCUT2D eigenvalue weighted by Crippen LogP contribution is 2.20. The Balaban J connectivity index is 1.70. The quantitative estimate of drug-likeness (QED) is 0.558. The summed E-state index contributed by atoms with van der Waals surface area (Å²) in [7, 11) is 0. The molecular formula is C24H28N2O2. The Kier molecular flexibility index (Phi) is 6.30. The van der Waals surface area contributed by atoms with E-state index in [1.165, 1.54) is 10.2 Å². The fraction of sp³-hybridized carbons (Fsp3) is 0.333. The SMILES string of the molecule is Cc1nn(C(=O)c2ccc(OCc3ccccc3)cc2)c(C)c1CCC(C)C. The summed E-state index contributed by atoms with van der Waals surface area (Å²) in [6, 6.07) is 17.3. The maximum Gasteiger partial charge on any atom is 0.278 e. The van der Waals surface area contributed by atoms with Gasteiger partial charge in [-0.15, -0.1) is 0 Å². The van der Waals surface area contributed by atoms with Gasteiger partial charge in [0.15, 0.2) is 0 Å². The van der Waals surface area contributed by atoms with Gasteiger partial charge in [-0.25, -0.2) is 4.68 Å². The van der Waals surface area contributed by atoms with E-state index in [-0.39, 0.29) is 5.91 Å². The van der Waals surface area contributed by atoms with Crippen molar-refractivity contribution in [2.45, 2.75) is 47.1 Å². The largest absolute Gasteiger partial charge is 0.489 e. The number of carbonyl (C=O) groups excluding carboxylic acids is 1. The Morgan fingerprint density at radius 2 is 1.71 bits per heavy atom. The predicted octanol–water partition coefficient (Wildman–Crippen LogP) is 5.36. The normalized spacial score (nSPS) is 11.0. The molecule has 0 aliphatic rings. The van der Waals surface area contributed by atoms with Gasteiger partial charge in [-0.2, -0.15) is 5.10 Å². The van der Waals surface area contributed by atoms with Gasteiger partial charge in [0.05, 0.1) is 5.69 Å². The van der Waals surface area contributed by atoms with Crippen molar-refractivity contribution < 1.29 is 9.53 Å². The molecule has 0 radical (unpaired) electrons. The van der Waals surface area contributed by atoms with Crippen molar-refractivity contribution >= 4 is 5.91 Å². The Hall–Kier alpha value is -2.88. The molecule has 4 heteroatoms. The number of carbonyl (C=O) groups is 1. The van der Waals surface area contributed by atoms with Crippen LogP contribution < -0.4 is 4.74 Å². The molecule has 0 spiro atoms. The van der Waals surface area contributed by atoms with E-state index in [9.17, 15) is 4.79 Å². The standard InChI is InChI=1S/C24H28N2O2/c1-17(2)10-15-23-18(3)25-26(19(23)4)24(27)21-11-13-22(14-12-21)28-16-20-8-6-5-7-9-20/h5-9,11-14,17H,10,15-16H2,1-4H3. The number of hydrogen-bond acceptors (Lipinski definition) is 3. The summed E-state index contributed by atoms with van der Waals surface area (Å²) in [5.74, 6) is 1.26. The van der Waals surface area contributed by atoms with Crippen LogP contribution in [0.15, 0.2) is 54.6 Å². The molecule has 0 fully saturated rings. The summed E-state index contributed by atoms with van der Waals surface area (Å²) in [4.78, 5) is 12.9. The zero-order valence-corrected chi connectivity index (χ0v) is 17.1. The Morgan fingerprint density at radius 3 is 2.36 bits per heavy atom. The summed E-state index contributed by atoms with van der Waals surface area (Å²) in [5.41, 5.74) is 4.78. The Morgan fingerprint density at radius 1 is 1.04 bits per heavy atom. The molecular weight excluding hydrogens is 348 g/mol. The average molecular weight is 377 g/mol. The van der Waals surface area contributed by atoms with Crippen molar-refractivity contribution in [2.24, 2.45) is 5.92 Å². The molecule has 1 aromatic heterocycles. The molecule has 0 atom stereocenters. The van der Waals surface area contributed by atoms with E-state index in [0.29, 0.717) is 18.1 Å². The van der Waals surface area contributed by atoms with Gasteiger partial charge in [-0.3, -0.25) is 4.79 Å². The van der Waals surface area contributed by atoms with Gasteiger partial charge >= 0.3 is 0 Å². The number of nitrogens with zero attached hydrogens (tertiary/aromatic N) is 2. The van der Waals surface area contributed by atoms with E-state index < -0.39 is 0 Å². The number of aromatic nitrogens is 2. The van der Waals surface area contributed by atoms with Crippen molar-refractivity contribution in [3.05, 3.63) is 82.7 Å². The molecule has 146 valence electrons. The average Bonchev–Trinajstić information content (AvgIpc) is 2.99. The minimum absolute atomic E-state index is 0.106. The second-order valence-electron chi connectivity index (χ2n) is 7.60. The van der Waals surface area contributed by atoms with Gasteiger partial charge in [-0.05, 0) is 68.0 Å². The molecule has 3 rings (SSSR count). The third-order valence-electron chi connectivity index (χ3n) is 4.95. The number of hydrogen-bond donors (Lipinski definition) is 0. The molecule has 0 bridgehead atoms. The van der Waals surface area contributed by atoms with Gasteiger partial charge in [0.2, 0.25) is 0 Å². The maximum atomic E-state index is 12.9. The molecule has 0 aliphatic carbocycles. The van der Waals surface area contributed by atoms with Crippen LogP contribution in [0.1, 0.15) is 53.1 Å². The molecule has 0 saturated carbocycles. The first kappa shape index (κ1) is 19.9. The molecule has 0 unspecified atom stereocenters.